The second kappa shape index (κ2) is 13.6. The minimum absolute atomic E-state index is 0. The first-order chi connectivity index (χ1) is 15.6. The van der Waals surface area contributed by atoms with E-state index in [9.17, 15) is 4.79 Å². The fraction of sp³-hybridized carbons (Fsp3) is 0.333. The molecule has 33 heavy (non-hydrogen) atoms. The Kier molecular flexibility index (Phi) is 10.8. The number of benzene rings is 2. The summed E-state index contributed by atoms with van der Waals surface area (Å²) in [4.78, 5) is 20.4. The zero-order valence-electron chi connectivity index (χ0n) is 19.2. The van der Waals surface area contributed by atoms with E-state index in [2.05, 4.69) is 43.2 Å². The summed E-state index contributed by atoms with van der Waals surface area (Å²) >= 11 is 0. The molecular formula is C24H31IN6O2. The molecule has 0 aliphatic carbocycles. The van der Waals surface area contributed by atoms with Gasteiger partial charge in [0.15, 0.2) is 11.8 Å². The number of nitrogens with one attached hydrogen (secondary N) is 3. The fourth-order valence-corrected chi connectivity index (χ4v) is 3.21. The molecule has 0 atom stereocenters. The van der Waals surface area contributed by atoms with Gasteiger partial charge < -0.3 is 20.5 Å². The highest BCUT2D eigenvalue weighted by molar-refractivity contribution is 14.0. The van der Waals surface area contributed by atoms with Crippen LogP contribution in [0.3, 0.4) is 0 Å². The van der Waals surface area contributed by atoms with Crippen LogP contribution in [0.15, 0.2) is 58.0 Å². The Morgan fingerprint density at radius 1 is 1.03 bits per heavy atom. The highest BCUT2D eigenvalue weighted by Crippen LogP contribution is 2.18. The summed E-state index contributed by atoms with van der Waals surface area (Å²) in [6.07, 6.45) is 2.41. The molecule has 0 radical (unpaired) electrons. The van der Waals surface area contributed by atoms with Crippen molar-refractivity contribution >= 4 is 35.8 Å². The van der Waals surface area contributed by atoms with Crippen molar-refractivity contribution in [3.63, 3.8) is 0 Å². The summed E-state index contributed by atoms with van der Waals surface area (Å²) in [6, 6.07) is 15.8. The highest BCUT2D eigenvalue weighted by Gasteiger charge is 2.08. The van der Waals surface area contributed by atoms with Crippen molar-refractivity contribution in [2.75, 3.05) is 27.2 Å². The number of aromatic nitrogens is 2. The molecule has 176 valence electrons. The van der Waals surface area contributed by atoms with Crippen LogP contribution in [0.25, 0.3) is 11.5 Å². The van der Waals surface area contributed by atoms with Crippen LogP contribution in [0.4, 0.5) is 0 Å². The normalized spacial score (nSPS) is 10.9. The zero-order valence-corrected chi connectivity index (χ0v) is 21.6. The Bertz CT molecular complexity index is 1050. The number of guanidine groups is 1. The van der Waals surface area contributed by atoms with Gasteiger partial charge in [0, 0.05) is 44.7 Å². The number of carbonyl (C=O) groups is 1. The molecule has 9 heteroatoms. The molecule has 1 aromatic heterocycles. The number of hydrogen-bond donors (Lipinski definition) is 3. The van der Waals surface area contributed by atoms with Crippen LogP contribution < -0.4 is 16.0 Å². The van der Waals surface area contributed by atoms with Crippen molar-refractivity contribution in [2.45, 2.75) is 26.2 Å². The van der Waals surface area contributed by atoms with E-state index in [1.807, 2.05) is 43.3 Å². The molecule has 0 spiro atoms. The van der Waals surface area contributed by atoms with E-state index >= 15 is 0 Å². The average Bonchev–Trinajstić information content (AvgIpc) is 3.32. The molecule has 0 bridgehead atoms. The second-order valence-corrected chi connectivity index (χ2v) is 7.27. The molecule has 0 saturated carbocycles. The van der Waals surface area contributed by atoms with Gasteiger partial charge in [-0.3, -0.25) is 9.79 Å². The summed E-state index contributed by atoms with van der Waals surface area (Å²) in [5.41, 5.74) is 3.90. The Hall–Kier alpha value is -2.95. The minimum Gasteiger partial charge on any atom is -0.356 e. The van der Waals surface area contributed by atoms with E-state index in [1.165, 1.54) is 5.56 Å². The lowest BCUT2D eigenvalue weighted by molar-refractivity contribution is 0.0963. The lowest BCUT2D eigenvalue weighted by atomic mass is 10.1. The lowest BCUT2D eigenvalue weighted by Gasteiger charge is -2.12. The van der Waals surface area contributed by atoms with Gasteiger partial charge in [-0.1, -0.05) is 36.3 Å². The van der Waals surface area contributed by atoms with Crippen molar-refractivity contribution in [3.8, 4) is 11.5 Å². The Labute approximate surface area is 211 Å². The molecule has 3 rings (SSSR count). The molecular weight excluding hydrogens is 531 g/mol. The van der Waals surface area contributed by atoms with Crippen LogP contribution >= 0.6 is 24.0 Å². The summed E-state index contributed by atoms with van der Waals surface area (Å²) in [5, 5.41) is 13.2. The predicted molar refractivity (Wildman–Crippen MR) is 141 cm³/mol. The maximum Gasteiger partial charge on any atom is 0.257 e. The molecule has 2 aromatic carbocycles. The molecule has 0 aliphatic rings. The first-order valence-electron chi connectivity index (χ1n) is 10.8. The Morgan fingerprint density at radius 3 is 2.33 bits per heavy atom. The number of rotatable bonds is 9. The molecule has 0 fully saturated rings. The van der Waals surface area contributed by atoms with Crippen molar-refractivity contribution in [1.82, 2.24) is 26.1 Å². The predicted octanol–water partition coefficient (Wildman–Crippen LogP) is 3.23. The number of carbonyl (C=O) groups excluding carboxylic acids is 1. The third kappa shape index (κ3) is 7.85. The van der Waals surface area contributed by atoms with Crippen LogP contribution in [-0.2, 0) is 19.3 Å². The summed E-state index contributed by atoms with van der Waals surface area (Å²) in [7, 11) is 3.39. The van der Waals surface area contributed by atoms with Gasteiger partial charge in [0.25, 0.3) is 11.8 Å². The Morgan fingerprint density at radius 2 is 1.73 bits per heavy atom. The lowest BCUT2D eigenvalue weighted by Crippen LogP contribution is -2.39. The quantitative estimate of drug-likeness (QED) is 0.210. The number of aliphatic imine (C=N–C) groups is 1. The van der Waals surface area contributed by atoms with E-state index in [1.54, 1.807) is 14.1 Å². The number of hydrogen-bond acceptors (Lipinski definition) is 5. The van der Waals surface area contributed by atoms with Crippen LogP contribution in [0.1, 0.15) is 34.2 Å². The van der Waals surface area contributed by atoms with Crippen LogP contribution in [0, 0.1) is 0 Å². The topological polar surface area (TPSA) is 104 Å². The maximum absolute atomic E-state index is 11.8. The highest BCUT2D eigenvalue weighted by atomic mass is 127. The van der Waals surface area contributed by atoms with E-state index in [-0.39, 0.29) is 29.9 Å². The number of aryl methyl sites for hydroxylation is 1. The minimum atomic E-state index is -0.0758. The Balaban J connectivity index is 0.00000385. The van der Waals surface area contributed by atoms with Gasteiger partial charge in [-0.25, -0.2) is 0 Å². The first-order valence-corrected chi connectivity index (χ1v) is 10.8. The second-order valence-electron chi connectivity index (χ2n) is 7.27. The van der Waals surface area contributed by atoms with Gasteiger partial charge in [-0.2, -0.15) is 4.98 Å². The molecule has 1 amide bonds. The molecule has 0 saturated heterocycles. The van der Waals surface area contributed by atoms with Gasteiger partial charge in [0.05, 0.1) is 0 Å². The first kappa shape index (κ1) is 26.3. The van der Waals surface area contributed by atoms with Crippen molar-refractivity contribution in [1.29, 1.82) is 0 Å². The van der Waals surface area contributed by atoms with E-state index in [0.717, 1.165) is 49.4 Å². The molecule has 0 aliphatic heterocycles. The maximum atomic E-state index is 11.8. The summed E-state index contributed by atoms with van der Waals surface area (Å²) in [6.45, 7) is 3.47. The number of nitrogens with zero attached hydrogens (tertiary/aromatic N) is 3. The van der Waals surface area contributed by atoms with Crippen LogP contribution in [0.5, 0.6) is 0 Å². The van der Waals surface area contributed by atoms with Crippen molar-refractivity contribution < 1.29 is 9.32 Å². The van der Waals surface area contributed by atoms with E-state index in [0.29, 0.717) is 17.3 Å². The van der Waals surface area contributed by atoms with Crippen molar-refractivity contribution in [3.05, 3.63) is 71.0 Å². The summed E-state index contributed by atoms with van der Waals surface area (Å²) in [5.74, 6) is 1.94. The van der Waals surface area contributed by atoms with Crippen molar-refractivity contribution in [2.24, 2.45) is 4.99 Å². The van der Waals surface area contributed by atoms with Gasteiger partial charge >= 0.3 is 0 Å². The van der Waals surface area contributed by atoms with Crippen LogP contribution in [0.2, 0.25) is 0 Å². The number of amides is 1. The molecule has 0 unspecified atom stereocenters. The largest absolute Gasteiger partial charge is 0.356 e. The zero-order chi connectivity index (χ0) is 22.8. The van der Waals surface area contributed by atoms with Crippen LogP contribution in [-0.4, -0.2) is 49.2 Å². The molecule has 3 N–H and O–H groups in total. The molecule has 3 aromatic rings. The third-order valence-electron chi connectivity index (χ3n) is 5.04. The smallest absolute Gasteiger partial charge is 0.257 e. The van der Waals surface area contributed by atoms with Gasteiger partial charge in [0.1, 0.15) is 0 Å². The van der Waals surface area contributed by atoms with E-state index in [4.69, 9.17) is 4.52 Å². The third-order valence-corrected chi connectivity index (χ3v) is 5.04. The number of halogens is 1. The standard InChI is InChI=1S/C24H30N6O2.HI/c1-4-21-29-23(32-30-21)19-10-8-17(9-11-19)12-14-27-24(26-3)28-15-13-18-6-5-7-20(16-18)22(31)25-2;/h5-11,16H,4,12-15H2,1-3H3,(H,25,31)(H2,26,27,28);1H. The average molecular weight is 562 g/mol. The van der Waals surface area contributed by atoms with Gasteiger partial charge in [-0.15, -0.1) is 24.0 Å². The van der Waals surface area contributed by atoms with Gasteiger partial charge in [0.2, 0.25) is 0 Å². The molecule has 8 nitrogen and oxygen atoms in total. The SMILES string of the molecule is CCc1noc(-c2ccc(CCNC(=NC)NCCc3cccc(C(=O)NC)c3)cc2)n1.I. The van der Waals surface area contributed by atoms with Gasteiger partial charge in [-0.05, 0) is 48.2 Å². The monoisotopic (exact) mass is 562 g/mol. The fourth-order valence-electron chi connectivity index (χ4n) is 3.21. The van der Waals surface area contributed by atoms with E-state index < -0.39 is 0 Å². The summed E-state index contributed by atoms with van der Waals surface area (Å²) < 4.78 is 5.28. The molecule has 1 heterocycles.